The molecule has 2 atom stereocenters. The van der Waals surface area contributed by atoms with E-state index in [1.54, 1.807) is 11.3 Å². The minimum Gasteiger partial charge on any atom is -0.469 e. The van der Waals surface area contributed by atoms with Crippen LogP contribution in [0.5, 0.6) is 0 Å². The Balaban J connectivity index is 1.99. The van der Waals surface area contributed by atoms with Crippen molar-refractivity contribution in [1.29, 1.82) is 0 Å². The first-order chi connectivity index (χ1) is 6.70. The minimum absolute atomic E-state index is 0.217. The number of aromatic nitrogens is 1. The molecule has 0 N–H and O–H groups in total. The first kappa shape index (κ1) is 9.65. The number of carbonyl (C=O) groups excluding carboxylic acids is 1. The number of rotatable bonds is 3. The Morgan fingerprint density at radius 2 is 2.50 bits per heavy atom. The van der Waals surface area contributed by atoms with Crippen molar-refractivity contribution in [3.63, 3.8) is 0 Å². The lowest BCUT2D eigenvalue weighted by Gasteiger charge is -1.94. The van der Waals surface area contributed by atoms with E-state index in [2.05, 4.69) is 16.6 Å². The second kappa shape index (κ2) is 3.69. The first-order valence-electron chi connectivity index (χ1n) is 4.72. The molecule has 76 valence electrons. The van der Waals surface area contributed by atoms with E-state index in [9.17, 15) is 4.79 Å². The van der Waals surface area contributed by atoms with Crippen molar-refractivity contribution in [2.24, 2.45) is 5.92 Å². The fourth-order valence-electron chi connectivity index (χ4n) is 1.46. The number of ether oxygens (including phenoxy) is 1. The quantitative estimate of drug-likeness (QED) is 0.718. The molecule has 2 unspecified atom stereocenters. The molecule has 3 nitrogen and oxygen atoms in total. The van der Waals surface area contributed by atoms with Crippen molar-refractivity contribution in [2.75, 3.05) is 7.11 Å². The summed E-state index contributed by atoms with van der Waals surface area (Å²) in [5, 5.41) is 3.13. The molecule has 1 aliphatic rings. The highest BCUT2D eigenvalue weighted by molar-refractivity contribution is 7.09. The van der Waals surface area contributed by atoms with E-state index in [1.807, 2.05) is 5.38 Å². The molecule has 1 saturated carbocycles. The van der Waals surface area contributed by atoms with Gasteiger partial charge in [0.05, 0.1) is 24.2 Å². The third kappa shape index (κ3) is 1.95. The monoisotopic (exact) mass is 211 g/mol. The molecule has 1 fully saturated rings. The molecule has 0 amide bonds. The summed E-state index contributed by atoms with van der Waals surface area (Å²) >= 11 is 1.66. The minimum atomic E-state index is -0.217. The summed E-state index contributed by atoms with van der Waals surface area (Å²) in [6, 6.07) is 0. The standard InChI is InChI=1S/C10H13NO2S/c1-6-3-8(6)10-11-7(5-14-10)4-9(12)13-2/h5-6,8H,3-4H2,1-2H3. The topological polar surface area (TPSA) is 39.2 Å². The summed E-state index contributed by atoms with van der Waals surface area (Å²) in [6.45, 7) is 2.23. The van der Waals surface area contributed by atoms with Gasteiger partial charge in [0.25, 0.3) is 0 Å². The second-order valence-corrected chi connectivity index (χ2v) is 4.64. The number of thiazole rings is 1. The van der Waals surface area contributed by atoms with E-state index < -0.39 is 0 Å². The average molecular weight is 211 g/mol. The molecule has 4 heteroatoms. The van der Waals surface area contributed by atoms with Crippen molar-refractivity contribution < 1.29 is 9.53 Å². The highest BCUT2D eigenvalue weighted by Crippen LogP contribution is 2.47. The Hall–Kier alpha value is -0.900. The zero-order valence-corrected chi connectivity index (χ0v) is 9.13. The Kier molecular flexibility index (Phi) is 2.54. The van der Waals surface area contributed by atoms with Gasteiger partial charge in [-0.3, -0.25) is 4.79 Å². The Labute approximate surface area is 87.1 Å². The van der Waals surface area contributed by atoms with Crippen LogP contribution in [0.4, 0.5) is 0 Å². The highest BCUT2D eigenvalue weighted by atomic mass is 32.1. The molecule has 14 heavy (non-hydrogen) atoms. The van der Waals surface area contributed by atoms with E-state index in [-0.39, 0.29) is 5.97 Å². The Bertz CT molecular complexity index is 348. The van der Waals surface area contributed by atoms with Gasteiger partial charge in [-0.2, -0.15) is 0 Å². The molecule has 1 heterocycles. The van der Waals surface area contributed by atoms with Crippen LogP contribution >= 0.6 is 11.3 Å². The zero-order valence-electron chi connectivity index (χ0n) is 8.32. The van der Waals surface area contributed by atoms with Crippen molar-refractivity contribution in [3.05, 3.63) is 16.1 Å². The third-order valence-electron chi connectivity index (χ3n) is 2.55. The lowest BCUT2D eigenvalue weighted by atomic mass is 10.3. The summed E-state index contributed by atoms with van der Waals surface area (Å²) in [5.41, 5.74) is 0.843. The molecule has 0 aliphatic heterocycles. The van der Waals surface area contributed by atoms with Crippen LogP contribution in [0.2, 0.25) is 0 Å². The molecule has 0 bridgehead atoms. The molecule has 1 aromatic rings. The van der Waals surface area contributed by atoms with Gasteiger partial charge < -0.3 is 4.74 Å². The summed E-state index contributed by atoms with van der Waals surface area (Å²) in [6.07, 6.45) is 1.54. The predicted octanol–water partition coefficient (Wildman–Crippen LogP) is 1.98. The van der Waals surface area contributed by atoms with Gasteiger partial charge in [-0.15, -0.1) is 11.3 Å². The maximum absolute atomic E-state index is 11.0. The van der Waals surface area contributed by atoms with Gasteiger partial charge >= 0.3 is 5.97 Å². The number of methoxy groups -OCH3 is 1. The smallest absolute Gasteiger partial charge is 0.311 e. The Morgan fingerprint density at radius 1 is 1.79 bits per heavy atom. The van der Waals surface area contributed by atoms with E-state index in [0.717, 1.165) is 11.6 Å². The summed E-state index contributed by atoms with van der Waals surface area (Å²) < 4.78 is 4.59. The molecule has 1 aromatic heterocycles. The van der Waals surface area contributed by atoms with Crippen molar-refractivity contribution in [1.82, 2.24) is 4.98 Å². The lowest BCUT2D eigenvalue weighted by Crippen LogP contribution is -2.04. The number of nitrogens with zero attached hydrogens (tertiary/aromatic N) is 1. The van der Waals surface area contributed by atoms with E-state index in [1.165, 1.54) is 18.5 Å². The Morgan fingerprint density at radius 3 is 3.07 bits per heavy atom. The van der Waals surface area contributed by atoms with Crippen LogP contribution in [-0.2, 0) is 16.0 Å². The van der Waals surface area contributed by atoms with Crippen LogP contribution in [0.15, 0.2) is 5.38 Å². The first-order valence-corrected chi connectivity index (χ1v) is 5.59. The maximum Gasteiger partial charge on any atom is 0.311 e. The summed E-state index contributed by atoms with van der Waals surface area (Å²) in [7, 11) is 1.40. The van der Waals surface area contributed by atoms with Gasteiger partial charge in [-0.25, -0.2) is 4.98 Å². The molecular formula is C10H13NO2S. The number of hydrogen-bond donors (Lipinski definition) is 0. The van der Waals surface area contributed by atoms with Crippen molar-refractivity contribution in [2.45, 2.75) is 25.7 Å². The fourth-order valence-corrected chi connectivity index (χ4v) is 2.53. The van der Waals surface area contributed by atoms with Crippen LogP contribution < -0.4 is 0 Å². The SMILES string of the molecule is COC(=O)Cc1csc(C2CC2C)n1. The van der Waals surface area contributed by atoms with Crippen LogP contribution in [0.3, 0.4) is 0 Å². The van der Waals surface area contributed by atoms with Gasteiger partial charge in [-0.1, -0.05) is 6.92 Å². The van der Waals surface area contributed by atoms with Crippen molar-refractivity contribution >= 4 is 17.3 Å². The fraction of sp³-hybridized carbons (Fsp3) is 0.600. The maximum atomic E-state index is 11.0. The van der Waals surface area contributed by atoms with Crippen molar-refractivity contribution in [3.8, 4) is 0 Å². The van der Waals surface area contributed by atoms with Gasteiger partial charge in [0.1, 0.15) is 0 Å². The van der Waals surface area contributed by atoms with Crippen LogP contribution in [0.25, 0.3) is 0 Å². The summed E-state index contributed by atoms with van der Waals surface area (Å²) in [4.78, 5) is 15.4. The van der Waals surface area contributed by atoms with Gasteiger partial charge in [-0.05, 0) is 12.3 Å². The average Bonchev–Trinajstić information content (AvgIpc) is 2.73. The largest absolute Gasteiger partial charge is 0.469 e. The molecule has 0 aromatic carbocycles. The van der Waals surface area contributed by atoms with Crippen LogP contribution in [-0.4, -0.2) is 18.1 Å². The molecular weight excluding hydrogens is 198 g/mol. The van der Waals surface area contributed by atoms with Crippen LogP contribution in [0, 0.1) is 5.92 Å². The number of carbonyl (C=O) groups is 1. The van der Waals surface area contributed by atoms with Gasteiger partial charge in [0, 0.05) is 11.3 Å². The molecule has 0 saturated heterocycles. The second-order valence-electron chi connectivity index (χ2n) is 3.75. The third-order valence-corrected chi connectivity index (χ3v) is 3.57. The highest BCUT2D eigenvalue weighted by Gasteiger charge is 2.36. The van der Waals surface area contributed by atoms with Crippen LogP contribution in [0.1, 0.15) is 30.0 Å². The predicted molar refractivity (Wildman–Crippen MR) is 54.4 cm³/mol. The molecule has 1 aliphatic carbocycles. The molecule has 0 radical (unpaired) electrons. The van der Waals surface area contributed by atoms with E-state index in [4.69, 9.17) is 0 Å². The zero-order chi connectivity index (χ0) is 10.1. The van der Waals surface area contributed by atoms with Gasteiger partial charge in [0.2, 0.25) is 0 Å². The summed E-state index contributed by atoms with van der Waals surface area (Å²) in [5.74, 6) is 1.20. The molecule has 2 rings (SSSR count). The van der Waals surface area contributed by atoms with E-state index >= 15 is 0 Å². The number of hydrogen-bond acceptors (Lipinski definition) is 4. The van der Waals surface area contributed by atoms with E-state index in [0.29, 0.717) is 12.3 Å². The lowest BCUT2D eigenvalue weighted by molar-refractivity contribution is -0.139. The molecule has 0 spiro atoms. The normalized spacial score (nSPS) is 24.7. The van der Waals surface area contributed by atoms with Gasteiger partial charge in [0.15, 0.2) is 0 Å². The number of esters is 1.